The number of rotatable bonds is 0. The average molecular weight is 346 g/mol. The number of nitrogens with zero attached hydrogens (tertiary/aromatic N) is 4. The van der Waals surface area contributed by atoms with Crippen LogP contribution in [0.2, 0.25) is 5.02 Å². The molecule has 0 atom stereocenters. The molecule has 8 heteroatoms. The molecular formula is C16H16ClN5O2. The van der Waals surface area contributed by atoms with E-state index in [4.69, 9.17) is 16.3 Å². The van der Waals surface area contributed by atoms with Crippen molar-refractivity contribution in [2.75, 3.05) is 25.1 Å². The van der Waals surface area contributed by atoms with Gasteiger partial charge in [0.05, 0.1) is 11.6 Å². The second-order valence-corrected chi connectivity index (χ2v) is 6.13. The van der Waals surface area contributed by atoms with Gasteiger partial charge in [-0.3, -0.25) is 4.98 Å². The van der Waals surface area contributed by atoms with E-state index >= 15 is 0 Å². The average Bonchev–Trinajstić information content (AvgIpc) is 2.90. The highest BCUT2D eigenvalue weighted by atomic mass is 35.5. The number of aromatic amines is 1. The Labute approximate surface area is 142 Å². The van der Waals surface area contributed by atoms with Gasteiger partial charge in [-0.2, -0.15) is 0 Å². The number of halogens is 1. The van der Waals surface area contributed by atoms with Crippen LogP contribution in [0.3, 0.4) is 0 Å². The zero-order valence-corrected chi connectivity index (χ0v) is 13.9. The fraction of sp³-hybridized carbons (Fsp3) is 0.312. The molecule has 4 rings (SSSR count). The van der Waals surface area contributed by atoms with E-state index in [9.17, 15) is 4.79 Å². The van der Waals surface area contributed by atoms with Crippen molar-refractivity contribution in [3.63, 3.8) is 0 Å². The molecule has 7 nitrogen and oxygen atoms in total. The highest BCUT2D eigenvalue weighted by Gasteiger charge is 2.19. The maximum absolute atomic E-state index is 12.5. The molecule has 1 N–H and O–H groups in total. The lowest BCUT2D eigenvalue weighted by Crippen LogP contribution is -2.23. The Balaban J connectivity index is 2.05. The molecule has 1 aliphatic rings. The summed E-state index contributed by atoms with van der Waals surface area (Å²) in [6.07, 6.45) is 3.50. The second kappa shape index (κ2) is 5.83. The minimum absolute atomic E-state index is 0.347. The van der Waals surface area contributed by atoms with Crippen LogP contribution >= 0.6 is 11.6 Å². The first-order valence-electron chi connectivity index (χ1n) is 7.76. The number of hydrogen-bond donors (Lipinski definition) is 1. The molecule has 0 saturated heterocycles. The van der Waals surface area contributed by atoms with Crippen LogP contribution in [0.1, 0.15) is 12.8 Å². The molecule has 0 aliphatic carbocycles. The number of fused-ring (bicyclic) bond motifs is 3. The molecule has 3 aromatic rings. The second-order valence-electron chi connectivity index (χ2n) is 5.72. The summed E-state index contributed by atoms with van der Waals surface area (Å²) in [6, 6.07) is 5.36. The van der Waals surface area contributed by atoms with Gasteiger partial charge in [0, 0.05) is 25.9 Å². The Morgan fingerprint density at radius 2 is 2.17 bits per heavy atom. The van der Waals surface area contributed by atoms with Crippen molar-refractivity contribution in [3.05, 3.63) is 39.9 Å². The third kappa shape index (κ3) is 2.41. The molecule has 124 valence electrons. The topological polar surface area (TPSA) is 76.0 Å². The highest BCUT2D eigenvalue weighted by Crippen LogP contribution is 2.28. The third-order valence-corrected chi connectivity index (χ3v) is 4.40. The summed E-state index contributed by atoms with van der Waals surface area (Å²) in [5.74, 6) is 1.73. The summed E-state index contributed by atoms with van der Waals surface area (Å²) >= 11 is 6.34. The molecule has 4 heterocycles. The lowest BCUT2D eigenvalue weighted by Gasteiger charge is -2.20. The van der Waals surface area contributed by atoms with Gasteiger partial charge in [-0.1, -0.05) is 11.6 Å². The van der Waals surface area contributed by atoms with Crippen molar-refractivity contribution in [2.24, 2.45) is 0 Å². The van der Waals surface area contributed by atoms with Gasteiger partial charge in [0.1, 0.15) is 17.1 Å². The quantitative estimate of drug-likeness (QED) is 0.677. The number of imidazole rings is 1. The summed E-state index contributed by atoms with van der Waals surface area (Å²) in [6.45, 7) is 1.42. The molecule has 0 aromatic carbocycles. The van der Waals surface area contributed by atoms with Gasteiger partial charge < -0.3 is 9.64 Å². The smallest absolute Gasteiger partial charge is 0.333 e. The van der Waals surface area contributed by atoms with E-state index in [1.165, 1.54) is 4.57 Å². The number of anilines is 1. The largest absolute Gasteiger partial charge is 0.491 e. The summed E-state index contributed by atoms with van der Waals surface area (Å²) in [5.41, 5.74) is 0.656. The van der Waals surface area contributed by atoms with Crippen LogP contribution in [0.4, 0.5) is 5.82 Å². The molecule has 0 spiro atoms. The fourth-order valence-electron chi connectivity index (χ4n) is 2.86. The van der Waals surface area contributed by atoms with E-state index in [0.29, 0.717) is 34.4 Å². The SMILES string of the molecule is CN1CCCCOc2ccnc3[nH]c(=O)n(c23)-c2nc1ccc2Cl. The Morgan fingerprint density at radius 1 is 1.29 bits per heavy atom. The number of H-pyrrole nitrogens is 1. The van der Waals surface area contributed by atoms with Crippen LogP contribution < -0.4 is 15.3 Å². The monoisotopic (exact) mass is 345 g/mol. The first kappa shape index (κ1) is 15.0. The standard InChI is InChI=1S/C16H16ClN5O2/c1-21-8-2-3-9-24-11-6-7-18-14-13(11)22(16(23)20-14)15-10(17)4-5-12(21)19-15/h4-7H,2-3,8-9H2,1H3,(H,18,20,23). The molecular weight excluding hydrogens is 330 g/mol. The number of nitrogens with one attached hydrogen (secondary N) is 1. The van der Waals surface area contributed by atoms with Crippen LogP contribution in [0.15, 0.2) is 29.2 Å². The van der Waals surface area contributed by atoms with E-state index in [1.54, 1.807) is 18.3 Å². The van der Waals surface area contributed by atoms with Crippen molar-refractivity contribution < 1.29 is 4.74 Å². The van der Waals surface area contributed by atoms with E-state index < -0.39 is 0 Å². The maximum Gasteiger partial charge on any atom is 0.333 e. The Hall–Kier alpha value is -2.54. The fourth-order valence-corrected chi connectivity index (χ4v) is 3.05. The Kier molecular flexibility index (Phi) is 3.65. The molecule has 0 unspecified atom stereocenters. The van der Waals surface area contributed by atoms with Gasteiger partial charge in [-0.25, -0.2) is 19.3 Å². The van der Waals surface area contributed by atoms with Crippen LogP contribution in [0.25, 0.3) is 17.0 Å². The molecule has 1 aliphatic heterocycles. The van der Waals surface area contributed by atoms with Crippen LogP contribution in [-0.2, 0) is 0 Å². The van der Waals surface area contributed by atoms with Gasteiger partial charge in [0.15, 0.2) is 11.5 Å². The maximum atomic E-state index is 12.5. The van der Waals surface area contributed by atoms with Crippen LogP contribution in [0.5, 0.6) is 5.75 Å². The van der Waals surface area contributed by atoms with Crippen molar-refractivity contribution in [1.82, 2.24) is 19.5 Å². The van der Waals surface area contributed by atoms with Crippen LogP contribution in [0, 0.1) is 0 Å². The van der Waals surface area contributed by atoms with E-state index in [2.05, 4.69) is 15.0 Å². The van der Waals surface area contributed by atoms with Gasteiger partial charge >= 0.3 is 5.69 Å². The number of pyridine rings is 2. The van der Waals surface area contributed by atoms with Gasteiger partial charge in [0.2, 0.25) is 0 Å². The van der Waals surface area contributed by atoms with Crippen molar-refractivity contribution in [1.29, 1.82) is 0 Å². The summed E-state index contributed by atoms with van der Waals surface area (Å²) in [5, 5.41) is 0.391. The van der Waals surface area contributed by atoms with Gasteiger partial charge in [-0.15, -0.1) is 0 Å². The summed E-state index contributed by atoms with van der Waals surface area (Å²) in [4.78, 5) is 26.1. The minimum Gasteiger partial charge on any atom is -0.491 e. The number of hydrogen-bond acceptors (Lipinski definition) is 5. The van der Waals surface area contributed by atoms with E-state index in [0.717, 1.165) is 25.2 Å². The first-order chi connectivity index (χ1) is 11.6. The predicted molar refractivity (Wildman–Crippen MR) is 92.5 cm³/mol. The Morgan fingerprint density at radius 3 is 3.04 bits per heavy atom. The summed E-state index contributed by atoms with van der Waals surface area (Å²) < 4.78 is 7.31. The molecule has 2 bridgehead atoms. The highest BCUT2D eigenvalue weighted by molar-refractivity contribution is 6.32. The normalized spacial score (nSPS) is 14.8. The van der Waals surface area contributed by atoms with Crippen molar-refractivity contribution >= 4 is 28.6 Å². The van der Waals surface area contributed by atoms with Crippen molar-refractivity contribution in [3.8, 4) is 11.6 Å². The van der Waals surface area contributed by atoms with Gasteiger partial charge in [-0.05, 0) is 25.0 Å². The Bertz CT molecular complexity index is 965. The van der Waals surface area contributed by atoms with Crippen molar-refractivity contribution in [2.45, 2.75) is 12.8 Å². The molecule has 3 aromatic heterocycles. The molecule has 0 fully saturated rings. The number of aromatic nitrogens is 4. The molecule has 24 heavy (non-hydrogen) atoms. The minimum atomic E-state index is -0.347. The number of ether oxygens (including phenoxy) is 1. The predicted octanol–water partition coefficient (Wildman–Crippen LogP) is 2.37. The molecule has 0 amide bonds. The third-order valence-electron chi connectivity index (χ3n) is 4.10. The molecule has 0 radical (unpaired) electrons. The van der Waals surface area contributed by atoms with Crippen LogP contribution in [-0.4, -0.2) is 39.7 Å². The molecule has 0 saturated carbocycles. The lowest BCUT2D eigenvalue weighted by molar-refractivity contribution is 0.310. The van der Waals surface area contributed by atoms with Gasteiger partial charge in [0.25, 0.3) is 0 Å². The van der Waals surface area contributed by atoms with E-state index in [-0.39, 0.29) is 5.69 Å². The first-order valence-corrected chi connectivity index (χ1v) is 8.13. The zero-order valence-electron chi connectivity index (χ0n) is 13.1. The summed E-state index contributed by atoms with van der Waals surface area (Å²) in [7, 11) is 1.97. The van der Waals surface area contributed by atoms with E-state index in [1.807, 2.05) is 18.0 Å². The lowest BCUT2D eigenvalue weighted by atomic mass is 10.3. The zero-order chi connectivity index (χ0) is 16.7.